The zero-order valence-electron chi connectivity index (χ0n) is 9.98. The van der Waals surface area contributed by atoms with Gasteiger partial charge >= 0.3 is 0 Å². The van der Waals surface area contributed by atoms with Gasteiger partial charge in [-0.1, -0.05) is 6.07 Å². The van der Waals surface area contributed by atoms with Gasteiger partial charge in [0.2, 0.25) is 0 Å². The van der Waals surface area contributed by atoms with E-state index in [4.69, 9.17) is 10.6 Å². The number of hydrogen-bond donors (Lipinski definition) is 2. The molecule has 5 heteroatoms. The number of pyridine rings is 1. The number of halogens is 1. The van der Waals surface area contributed by atoms with E-state index in [1.54, 1.807) is 30.5 Å². The second kappa shape index (κ2) is 5.46. The molecule has 1 aromatic heterocycles. The normalized spacial score (nSPS) is 10.2. The Bertz CT molecular complexity index is 546. The molecule has 2 aromatic rings. The third-order valence-electron chi connectivity index (χ3n) is 2.45. The molecule has 18 heavy (non-hydrogen) atoms. The molecule has 0 saturated carbocycles. The fraction of sp³-hybridized carbons (Fsp3) is 0.154. The van der Waals surface area contributed by atoms with Gasteiger partial charge in [-0.05, 0) is 42.3 Å². The molecule has 0 aliphatic carbocycles. The third kappa shape index (κ3) is 2.95. The highest BCUT2D eigenvalue weighted by atomic mass is 19.1. The predicted octanol–water partition coefficient (Wildman–Crippen LogP) is 2.39. The van der Waals surface area contributed by atoms with Gasteiger partial charge < -0.3 is 10.2 Å². The summed E-state index contributed by atoms with van der Waals surface area (Å²) in [4.78, 5) is 3.98. The molecular weight excluding hydrogens is 233 g/mol. The molecule has 94 valence electrons. The highest BCUT2D eigenvalue weighted by Gasteiger charge is 2.04. The average Bonchev–Trinajstić information content (AvgIpc) is 2.40. The van der Waals surface area contributed by atoms with Gasteiger partial charge in [-0.15, -0.1) is 0 Å². The number of nitrogens with zero attached hydrogens (tertiary/aromatic N) is 1. The van der Waals surface area contributed by atoms with Crippen LogP contribution in [0.1, 0.15) is 11.1 Å². The SMILES string of the molecule is Cc1ccc(F)c(OCc2ccnc(NN)c2)c1. The van der Waals surface area contributed by atoms with E-state index >= 15 is 0 Å². The Morgan fingerprint density at radius 2 is 2.17 bits per heavy atom. The molecule has 0 aliphatic rings. The summed E-state index contributed by atoms with van der Waals surface area (Å²) in [6.07, 6.45) is 1.61. The van der Waals surface area contributed by atoms with E-state index in [-0.39, 0.29) is 18.2 Å². The van der Waals surface area contributed by atoms with Crippen LogP contribution in [0.2, 0.25) is 0 Å². The summed E-state index contributed by atoms with van der Waals surface area (Å²) in [5.74, 6) is 5.67. The lowest BCUT2D eigenvalue weighted by molar-refractivity contribution is 0.290. The first-order chi connectivity index (χ1) is 8.69. The van der Waals surface area contributed by atoms with Crippen molar-refractivity contribution in [1.82, 2.24) is 4.98 Å². The highest BCUT2D eigenvalue weighted by Crippen LogP contribution is 2.19. The second-order valence-electron chi connectivity index (χ2n) is 3.92. The number of nitrogen functional groups attached to an aromatic ring is 1. The summed E-state index contributed by atoms with van der Waals surface area (Å²) in [7, 11) is 0. The summed E-state index contributed by atoms with van der Waals surface area (Å²) >= 11 is 0. The van der Waals surface area contributed by atoms with Crippen LogP contribution >= 0.6 is 0 Å². The molecular formula is C13H14FN3O. The van der Waals surface area contributed by atoms with Gasteiger partial charge in [0, 0.05) is 6.20 Å². The van der Waals surface area contributed by atoms with Gasteiger partial charge in [0.25, 0.3) is 0 Å². The lowest BCUT2D eigenvalue weighted by Crippen LogP contribution is -2.09. The van der Waals surface area contributed by atoms with Gasteiger partial charge in [0.1, 0.15) is 12.4 Å². The zero-order chi connectivity index (χ0) is 13.0. The molecule has 0 spiro atoms. The van der Waals surface area contributed by atoms with Crippen molar-refractivity contribution in [2.45, 2.75) is 13.5 Å². The molecule has 0 saturated heterocycles. The van der Waals surface area contributed by atoms with Crippen LogP contribution in [0.25, 0.3) is 0 Å². The molecule has 1 aromatic carbocycles. The van der Waals surface area contributed by atoms with E-state index in [0.29, 0.717) is 5.82 Å². The van der Waals surface area contributed by atoms with Crippen LogP contribution in [0, 0.1) is 12.7 Å². The van der Waals surface area contributed by atoms with Crippen molar-refractivity contribution in [3.8, 4) is 5.75 Å². The summed E-state index contributed by atoms with van der Waals surface area (Å²) in [6.45, 7) is 2.15. The van der Waals surface area contributed by atoms with Crippen molar-refractivity contribution in [2.75, 3.05) is 5.43 Å². The Hall–Kier alpha value is -2.14. The third-order valence-corrected chi connectivity index (χ3v) is 2.45. The number of hydrogen-bond acceptors (Lipinski definition) is 4. The van der Waals surface area contributed by atoms with Crippen LogP contribution in [0.5, 0.6) is 5.75 Å². The van der Waals surface area contributed by atoms with Gasteiger partial charge in [0.15, 0.2) is 11.6 Å². The number of aryl methyl sites for hydroxylation is 1. The number of rotatable bonds is 4. The number of nitrogens with two attached hydrogens (primary N) is 1. The number of aromatic nitrogens is 1. The minimum atomic E-state index is -0.369. The van der Waals surface area contributed by atoms with Crippen molar-refractivity contribution < 1.29 is 9.13 Å². The molecule has 0 fully saturated rings. The monoisotopic (exact) mass is 247 g/mol. The first-order valence-corrected chi connectivity index (χ1v) is 5.49. The van der Waals surface area contributed by atoms with Crippen molar-refractivity contribution in [1.29, 1.82) is 0 Å². The molecule has 0 atom stereocenters. The summed E-state index contributed by atoms with van der Waals surface area (Å²) in [6, 6.07) is 8.29. The van der Waals surface area contributed by atoms with E-state index in [2.05, 4.69) is 10.4 Å². The van der Waals surface area contributed by atoms with E-state index in [1.807, 2.05) is 6.92 Å². The molecule has 0 amide bonds. The first kappa shape index (κ1) is 12.3. The Kier molecular flexibility index (Phi) is 3.74. The Morgan fingerprint density at radius 3 is 2.94 bits per heavy atom. The fourth-order valence-electron chi connectivity index (χ4n) is 1.53. The lowest BCUT2D eigenvalue weighted by Gasteiger charge is -2.08. The summed E-state index contributed by atoms with van der Waals surface area (Å²) < 4.78 is 18.9. The van der Waals surface area contributed by atoms with Crippen LogP contribution in [0.4, 0.5) is 10.2 Å². The zero-order valence-corrected chi connectivity index (χ0v) is 9.98. The van der Waals surface area contributed by atoms with Crippen molar-refractivity contribution >= 4 is 5.82 Å². The Labute approximate surface area is 105 Å². The maximum Gasteiger partial charge on any atom is 0.165 e. The van der Waals surface area contributed by atoms with Crippen LogP contribution in [-0.2, 0) is 6.61 Å². The van der Waals surface area contributed by atoms with Crippen molar-refractivity contribution in [3.05, 3.63) is 53.5 Å². The molecule has 1 heterocycles. The van der Waals surface area contributed by atoms with Gasteiger partial charge in [-0.2, -0.15) is 0 Å². The molecule has 4 nitrogen and oxygen atoms in total. The molecule has 3 N–H and O–H groups in total. The van der Waals surface area contributed by atoms with E-state index in [1.165, 1.54) is 6.07 Å². The predicted molar refractivity (Wildman–Crippen MR) is 67.5 cm³/mol. The number of ether oxygens (including phenoxy) is 1. The first-order valence-electron chi connectivity index (χ1n) is 5.49. The largest absolute Gasteiger partial charge is 0.486 e. The minimum Gasteiger partial charge on any atom is -0.486 e. The number of hydrazine groups is 1. The quantitative estimate of drug-likeness (QED) is 0.643. The Morgan fingerprint density at radius 1 is 1.33 bits per heavy atom. The molecule has 0 bridgehead atoms. The second-order valence-corrected chi connectivity index (χ2v) is 3.92. The lowest BCUT2D eigenvalue weighted by atomic mass is 10.2. The average molecular weight is 247 g/mol. The van der Waals surface area contributed by atoms with Crippen LogP contribution < -0.4 is 16.0 Å². The number of benzene rings is 1. The Balaban J connectivity index is 2.08. The smallest absolute Gasteiger partial charge is 0.165 e. The minimum absolute atomic E-state index is 0.245. The van der Waals surface area contributed by atoms with E-state index < -0.39 is 0 Å². The van der Waals surface area contributed by atoms with Crippen LogP contribution in [0.15, 0.2) is 36.5 Å². The highest BCUT2D eigenvalue weighted by molar-refractivity contribution is 5.36. The van der Waals surface area contributed by atoms with E-state index in [0.717, 1.165) is 11.1 Å². The summed E-state index contributed by atoms with van der Waals surface area (Å²) in [5, 5.41) is 0. The molecule has 0 radical (unpaired) electrons. The molecule has 0 aliphatic heterocycles. The maximum atomic E-state index is 13.4. The van der Waals surface area contributed by atoms with Crippen LogP contribution in [-0.4, -0.2) is 4.98 Å². The van der Waals surface area contributed by atoms with Gasteiger partial charge in [-0.3, -0.25) is 0 Å². The topological polar surface area (TPSA) is 60.2 Å². The fourth-order valence-corrected chi connectivity index (χ4v) is 1.53. The van der Waals surface area contributed by atoms with Crippen LogP contribution in [0.3, 0.4) is 0 Å². The van der Waals surface area contributed by atoms with E-state index in [9.17, 15) is 4.39 Å². The standard InChI is InChI=1S/C13H14FN3O/c1-9-2-3-11(14)12(6-9)18-8-10-4-5-16-13(7-10)17-15/h2-7H,8,15H2,1H3,(H,16,17). The van der Waals surface area contributed by atoms with Crippen molar-refractivity contribution in [2.24, 2.45) is 5.84 Å². The molecule has 2 rings (SSSR count). The maximum absolute atomic E-state index is 13.4. The van der Waals surface area contributed by atoms with Gasteiger partial charge in [0.05, 0.1) is 0 Å². The summed E-state index contributed by atoms with van der Waals surface area (Å²) in [5.41, 5.74) is 4.25. The number of nitrogens with one attached hydrogen (secondary N) is 1. The number of anilines is 1. The van der Waals surface area contributed by atoms with Crippen molar-refractivity contribution in [3.63, 3.8) is 0 Å². The molecule has 0 unspecified atom stereocenters. The van der Waals surface area contributed by atoms with Gasteiger partial charge in [-0.25, -0.2) is 15.2 Å².